The molecule has 0 aliphatic heterocycles. The lowest BCUT2D eigenvalue weighted by Crippen LogP contribution is -2.06. The average Bonchev–Trinajstić information content (AvgIpc) is 2.33. The lowest BCUT2D eigenvalue weighted by atomic mass is 10.0. The third-order valence-corrected chi connectivity index (χ3v) is 2.26. The minimum atomic E-state index is -0.637. The topological polar surface area (TPSA) is 69.9 Å². The first-order chi connectivity index (χ1) is 7.79. The minimum Gasteiger partial charge on any atom is -0.491 e. The molecule has 0 amide bonds. The summed E-state index contributed by atoms with van der Waals surface area (Å²) in [7, 11) is 0. The van der Waals surface area contributed by atoms with Crippen molar-refractivity contribution in [1.29, 1.82) is 0 Å². The quantitative estimate of drug-likeness (QED) is 0.645. The van der Waals surface area contributed by atoms with E-state index in [-0.39, 0.29) is 19.8 Å². The summed E-state index contributed by atoms with van der Waals surface area (Å²) < 4.78 is 5.31. The SMILES string of the molecule is OCCC[C@H](O)c1ccccc1OCCO. The monoisotopic (exact) mass is 226 g/mol. The molecule has 0 aliphatic carbocycles. The third-order valence-electron chi connectivity index (χ3n) is 2.26. The lowest BCUT2D eigenvalue weighted by molar-refractivity contribution is 0.143. The summed E-state index contributed by atoms with van der Waals surface area (Å²) in [4.78, 5) is 0. The molecule has 16 heavy (non-hydrogen) atoms. The van der Waals surface area contributed by atoms with Crippen molar-refractivity contribution >= 4 is 0 Å². The van der Waals surface area contributed by atoms with Crippen LogP contribution in [0, 0.1) is 0 Å². The van der Waals surface area contributed by atoms with Gasteiger partial charge in [0, 0.05) is 12.2 Å². The van der Waals surface area contributed by atoms with Crippen molar-refractivity contribution in [3.05, 3.63) is 29.8 Å². The molecule has 0 aromatic heterocycles. The zero-order valence-corrected chi connectivity index (χ0v) is 9.17. The molecule has 4 nitrogen and oxygen atoms in total. The van der Waals surface area contributed by atoms with Gasteiger partial charge >= 0.3 is 0 Å². The maximum atomic E-state index is 9.88. The molecule has 0 radical (unpaired) electrons. The van der Waals surface area contributed by atoms with Crippen molar-refractivity contribution in [2.75, 3.05) is 19.8 Å². The number of ether oxygens (including phenoxy) is 1. The van der Waals surface area contributed by atoms with E-state index in [4.69, 9.17) is 14.9 Å². The van der Waals surface area contributed by atoms with Crippen molar-refractivity contribution in [1.82, 2.24) is 0 Å². The van der Waals surface area contributed by atoms with Gasteiger partial charge in [0.25, 0.3) is 0 Å². The Labute approximate surface area is 95.1 Å². The van der Waals surface area contributed by atoms with Crippen LogP contribution in [-0.4, -0.2) is 35.1 Å². The van der Waals surface area contributed by atoms with E-state index in [2.05, 4.69) is 0 Å². The normalized spacial score (nSPS) is 12.4. The molecule has 0 heterocycles. The van der Waals surface area contributed by atoms with Crippen LogP contribution in [0.4, 0.5) is 0 Å². The highest BCUT2D eigenvalue weighted by atomic mass is 16.5. The zero-order valence-electron chi connectivity index (χ0n) is 9.17. The molecule has 1 atom stereocenters. The summed E-state index contributed by atoms with van der Waals surface area (Å²) in [5.74, 6) is 0.585. The summed E-state index contributed by atoms with van der Waals surface area (Å²) in [6.45, 7) is 0.224. The molecule has 1 rings (SSSR count). The van der Waals surface area contributed by atoms with E-state index < -0.39 is 6.10 Å². The van der Waals surface area contributed by atoms with Crippen LogP contribution in [0.25, 0.3) is 0 Å². The van der Waals surface area contributed by atoms with Crippen molar-refractivity contribution in [3.8, 4) is 5.75 Å². The maximum absolute atomic E-state index is 9.88. The van der Waals surface area contributed by atoms with Crippen molar-refractivity contribution < 1.29 is 20.1 Å². The van der Waals surface area contributed by atoms with Crippen molar-refractivity contribution in [3.63, 3.8) is 0 Å². The van der Waals surface area contributed by atoms with Gasteiger partial charge in [-0.05, 0) is 18.9 Å². The number of hydrogen-bond acceptors (Lipinski definition) is 4. The van der Waals surface area contributed by atoms with Crippen LogP contribution in [0.1, 0.15) is 24.5 Å². The number of aliphatic hydroxyl groups is 3. The average molecular weight is 226 g/mol. The van der Waals surface area contributed by atoms with Gasteiger partial charge in [-0.1, -0.05) is 18.2 Å². The van der Waals surface area contributed by atoms with Crippen LogP contribution < -0.4 is 4.74 Å². The number of rotatable bonds is 7. The molecule has 3 N–H and O–H groups in total. The molecule has 0 saturated carbocycles. The molecule has 4 heteroatoms. The van der Waals surface area contributed by atoms with E-state index in [1.165, 1.54) is 0 Å². The summed E-state index contributed by atoms with van der Waals surface area (Å²) in [6, 6.07) is 7.18. The second kappa shape index (κ2) is 7.22. The second-order valence-electron chi connectivity index (χ2n) is 3.49. The Kier molecular flexibility index (Phi) is 5.85. The van der Waals surface area contributed by atoms with E-state index in [9.17, 15) is 5.11 Å². The predicted octanol–water partition coefficient (Wildman–Crippen LogP) is 0.864. The van der Waals surface area contributed by atoms with Gasteiger partial charge < -0.3 is 20.1 Å². The first kappa shape index (κ1) is 13.0. The lowest BCUT2D eigenvalue weighted by Gasteiger charge is -2.15. The van der Waals surface area contributed by atoms with Crippen molar-refractivity contribution in [2.45, 2.75) is 18.9 Å². The number of hydrogen-bond donors (Lipinski definition) is 3. The molecule has 90 valence electrons. The number of benzene rings is 1. The third kappa shape index (κ3) is 3.81. The Morgan fingerprint density at radius 1 is 1.12 bits per heavy atom. The second-order valence-corrected chi connectivity index (χ2v) is 3.49. The fourth-order valence-corrected chi connectivity index (χ4v) is 1.48. The number of para-hydroxylation sites is 1. The van der Waals surface area contributed by atoms with Gasteiger partial charge in [0.05, 0.1) is 12.7 Å². The van der Waals surface area contributed by atoms with E-state index in [1.54, 1.807) is 12.1 Å². The highest BCUT2D eigenvalue weighted by molar-refractivity contribution is 5.35. The van der Waals surface area contributed by atoms with E-state index in [0.29, 0.717) is 24.2 Å². The Morgan fingerprint density at radius 3 is 2.56 bits per heavy atom. The van der Waals surface area contributed by atoms with Gasteiger partial charge in [-0.3, -0.25) is 0 Å². The molecular weight excluding hydrogens is 208 g/mol. The molecule has 0 unspecified atom stereocenters. The molecule has 1 aromatic carbocycles. The van der Waals surface area contributed by atoms with Gasteiger partial charge in [-0.25, -0.2) is 0 Å². The minimum absolute atomic E-state index is 0.0545. The summed E-state index contributed by atoms with van der Waals surface area (Å²) in [6.07, 6.45) is 0.410. The first-order valence-corrected chi connectivity index (χ1v) is 5.41. The smallest absolute Gasteiger partial charge is 0.125 e. The summed E-state index contributed by atoms with van der Waals surface area (Å²) in [5.41, 5.74) is 0.699. The van der Waals surface area contributed by atoms with Crippen LogP contribution in [-0.2, 0) is 0 Å². The molecule has 0 fully saturated rings. The highest BCUT2D eigenvalue weighted by Gasteiger charge is 2.12. The largest absolute Gasteiger partial charge is 0.491 e. The Balaban J connectivity index is 2.68. The van der Waals surface area contributed by atoms with E-state index >= 15 is 0 Å². The predicted molar refractivity (Wildman–Crippen MR) is 60.3 cm³/mol. The zero-order chi connectivity index (χ0) is 11.8. The molecule has 0 bridgehead atoms. The molecule has 0 spiro atoms. The van der Waals surface area contributed by atoms with Crippen LogP contribution in [0.2, 0.25) is 0 Å². The van der Waals surface area contributed by atoms with Crippen LogP contribution in [0.3, 0.4) is 0 Å². The standard InChI is InChI=1S/C12H18O4/c13-7-3-5-11(15)10-4-1-2-6-12(10)16-9-8-14/h1-2,4,6,11,13-15H,3,5,7-9H2/t11-/m0/s1. The van der Waals surface area contributed by atoms with Gasteiger partial charge in [0.15, 0.2) is 0 Å². The highest BCUT2D eigenvalue weighted by Crippen LogP contribution is 2.27. The van der Waals surface area contributed by atoms with Crippen molar-refractivity contribution in [2.24, 2.45) is 0 Å². The van der Waals surface area contributed by atoms with Crippen LogP contribution >= 0.6 is 0 Å². The Morgan fingerprint density at radius 2 is 1.88 bits per heavy atom. The van der Waals surface area contributed by atoms with E-state index in [1.807, 2.05) is 12.1 Å². The fraction of sp³-hybridized carbons (Fsp3) is 0.500. The summed E-state index contributed by atoms with van der Waals surface area (Å²) in [5, 5.41) is 27.3. The fourth-order valence-electron chi connectivity index (χ4n) is 1.48. The maximum Gasteiger partial charge on any atom is 0.125 e. The Bertz CT molecular complexity index is 301. The van der Waals surface area contributed by atoms with Gasteiger partial charge in [-0.15, -0.1) is 0 Å². The first-order valence-electron chi connectivity index (χ1n) is 5.41. The van der Waals surface area contributed by atoms with Gasteiger partial charge in [-0.2, -0.15) is 0 Å². The summed E-state index contributed by atoms with van der Waals surface area (Å²) >= 11 is 0. The van der Waals surface area contributed by atoms with Crippen LogP contribution in [0.15, 0.2) is 24.3 Å². The van der Waals surface area contributed by atoms with E-state index in [0.717, 1.165) is 0 Å². The van der Waals surface area contributed by atoms with Crippen LogP contribution in [0.5, 0.6) is 5.75 Å². The van der Waals surface area contributed by atoms with Gasteiger partial charge in [0.1, 0.15) is 12.4 Å². The molecular formula is C12H18O4. The molecule has 0 saturated heterocycles. The Hall–Kier alpha value is -1.10. The molecule has 0 aliphatic rings. The molecule has 1 aromatic rings. The van der Waals surface area contributed by atoms with Gasteiger partial charge in [0.2, 0.25) is 0 Å². The number of aliphatic hydroxyl groups excluding tert-OH is 3.